The molecule has 0 aromatic heterocycles. The molecule has 0 bridgehead atoms. The highest BCUT2D eigenvalue weighted by Crippen LogP contribution is 2.14. The van der Waals surface area contributed by atoms with E-state index in [1.807, 2.05) is 0 Å². The zero-order valence-electron chi connectivity index (χ0n) is 4.28. The van der Waals surface area contributed by atoms with Crippen molar-refractivity contribution >= 4 is 23.2 Å². The molecule has 0 saturated heterocycles. The summed E-state index contributed by atoms with van der Waals surface area (Å²) in [6.07, 6.45) is 0. The summed E-state index contributed by atoms with van der Waals surface area (Å²) in [4.78, 5) is 16.9. The fourth-order valence-corrected chi connectivity index (χ4v) is 0.481. The first-order valence-corrected chi connectivity index (χ1v) is 2.56. The highest BCUT2D eigenvalue weighted by Gasteiger charge is 2.30. The van der Waals surface area contributed by atoms with Gasteiger partial charge in [-0.2, -0.15) is 0 Å². The highest BCUT2D eigenvalue weighted by molar-refractivity contribution is 6.55. The van der Waals surface area contributed by atoms with Crippen LogP contribution in [0.25, 0.3) is 0 Å². The maximum absolute atomic E-state index is 9.72. The molecule has 10 heavy (non-hydrogen) atoms. The molecule has 6 nitrogen and oxygen atoms in total. The number of nitrogens with zero attached hydrogens (tertiary/aromatic N) is 2. The van der Waals surface area contributed by atoms with Crippen molar-refractivity contribution in [1.82, 2.24) is 0 Å². The van der Waals surface area contributed by atoms with Gasteiger partial charge in [-0.05, 0) is 0 Å². The Hall–Kier alpha value is -0.880. The molecule has 0 rings (SSSR count). The van der Waals surface area contributed by atoms with Crippen LogP contribution in [-0.2, 0) is 0 Å². The van der Waals surface area contributed by atoms with Gasteiger partial charge in [0.1, 0.15) is 9.85 Å². The molecule has 8 heteroatoms. The summed E-state index contributed by atoms with van der Waals surface area (Å²) in [7, 11) is 0. The van der Waals surface area contributed by atoms with E-state index >= 15 is 0 Å². The minimum Gasteiger partial charge on any atom is -0.253 e. The molecule has 0 heterocycles. The molecule has 0 fully saturated rings. The average molecular weight is 187 g/mol. The van der Waals surface area contributed by atoms with Gasteiger partial charge in [-0.15, -0.1) is 0 Å². The van der Waals surface area contributed by atoms with Gasteiger partial charge < -0.3 is 0 Å². The first-order chi connectivity index (χ1) is 4.46. The molecule has 0 aromatic carbocycles. The van der Waals surface area contributed by atoms with Crippen LogP contribution in [0.4, 0.5) is 0 Å². The van der Waals surface area contributed by atoms with Crippen LogP contribution in [0.15, 0.2) is 10.3 Å². The zero-order chi connectivity index (χ0) is 8.31. The molecule has 0 N–H and O–H groups in total. The second-order valence-electron chi connectivity index (χ2n) is 1.10. The van der Waals surface area contributed by atoms with E-state index in [9.17, 15) is 20.2 Å². The Labute approximate surface area is 64.3 Å². The largest absolute Gasteiger partial charge is 0.589 e. The van der Waals surface area contributed by atoms with E-state index < -0.39 is 20.2 Å². The van der Waals surface area contributed by atoms with Crippen LogP contribution in [0.1, 0.15) is 0 Å². The zero-order valence-corrected chi connectivity index (χ0v) is 5.80. The predicted octanol–water partition coefficient (Wildman–Crippen LogP) is 1.14. The maximum atomic E-state index is 9.72. The minimum absolute atomic E-state index is 0.963. The lowest BCUT2D eigenvalue weighted by molar-refractivity contribution is -0.616. The van der Waals surface area contributed by atoms with Gasteiger partial charge >= 0.3 is 5.82 Å². The number of nitro groups is 2. The fraction of sp³-hybridized carbons (Fsp3) is 0. The van der Waals surface area contributed by atoms with Gasteiger partial charge in [0, 0.05) is 0 Å². The second kappa shape index (κ2) is 3.33. The van der Waals surface area contributed by atoms with Gasteiger partial charge in [0.15, 0.2) is 0 Å². The molecule has 0 amide bonds. The Morgan fingerprint density at radius 2 is 1.40 bits per heavy atom. The molecular weight excluding hydrogens is 187 g/mol. The number of rotatable bonds is 2. The van der Waals surface area contributed by atoms with Crippen LogP contribution in [0.2, 0.25) is 0 Å². The Morgan fingerprint density at radius 3 is 1.40 bits per heavy atom. The third-order valence-corrected chi connectivity index (χ3v) is 0.853. The van der Waals surface area contributed by atoms with E-state index in [1.54, 1.807) is 0 Å². The molecule has 0 atom stereocenters. The van der Waals surface area contributed by atoms with Crippen LogP contribution in [0, 0.1) is 20.2 Å². The summed E-state index contributed by atoms with van der Waals surface area (Å²) in [5.41, 5.74) is 0. The van der Waals surface area contributed by atoms with E-state index in [4.69, 9.17) is 23.2 Å². The summed E-state index contributed by atoms with van der Waals surface area (Å²) in [5, 5.41) is 19.4. The van der Waals surface area contributed by atoms with Crippen LogP contribution in [0.5, 0.6) is 0 Å². The Balaban J connectivity index is 4.79. The van der Waals surface area contributed by atoms with Gasteiger partial charge in [0.2, 0.25) is 0 Å². The van der Waals surface area contributed by atoms with Gasteiger partial charge in [-0.25, -0.2) is 0 Å². The first kappa shape index (κ1) is 9.12. The Bertz CT molecular complexity index is 191. The average Bonchev–Trinajstić information content (AvgIpc) is 1.59. The minimum atomic E-state index is -1.41. The van der Waals surface area contributed by atoms with Crippen molar-refractivity contribution in [3.05, 3.63) is 30.5 Å². The predicted molar refractivity (Wildman–Crippen MR) is 32.7 cm³/mol. The van der Waals surface area contributed by atoms with Crippen molar-refractivity contribution in [2.24, 2.45) is 0 Å². The fourth-order valence-electron chi connectivity index (χ4n) is 0.205. The van der Waals surface area contributed by atoms with Crippen LogP contribution in [0.3, 0.4) is 0 Å². The third kappa shape index (κ3) is 2.16. The van der Waals surface area contributed by atoms with Gasteiger partial charge in [-0.1, -0.05) is 23.2 Å². The van der Waals surface area contributed by atoms with Crippen molar-refractivity contribution in [3.8, 4) is 0 Å². The quantitative estimate of drug-likeness (QED) is 0.479. The molecule has 0 aliphatic carbocycles. The van der Waals surface area contributed by atoms with Crippen LogP contribution < -0.4 is 0 Å². The molecule has 0 aromatic rings. The summed E-state index contributed by atoms with van der Waals surface area (Å²) in [6.45, 7) is 0. The molecule has 0 radical (unpaired) electrons. The van der Waals surface area contributed by atoms with Gasteiger partial charge in [0.05, 0.1) is 0 Å². The number of hydrogen-bond donors (Lipinski definition) is 0. The van der Waals surface area contributed by atoms with Crippen molar-refractivity contribution in [1.29, 1.82) is 0 Å². The molecular formula is C2Cl2N2O4. The lowest BCUT2D eigenvalue weighted by Crippen LogP contribution is -2.09. The third-order valence-electron chi connectivity index (χ3n) is 0.515. The normalized spacial score (nSPS) is 8.60. The maximum Gasteiger partial charge on any atom is 0.589 e. The topological polar surface area (TPSA) is 86.3 Å². The summed E-state index contributed by atoms with van der Waals surface area (Å²) in [5.74, 6) is -1.41. The Morgan fingerprint density at radius 1 is 1.10 bits per heavy atom. The molecule has 0 saturated carbocycles. The Kier molecular flexibility index (Phi) is 3.04. The molecule has 56 valence electrons. The summed E-state index contributed by atoms with van der Waals surface area (Å²) < 4.78 is -0.963. The summed E-state index contributed by atoms with van der Waals surface area (Å²) >= 11 is 9.59. The molecule has 0 unspecified atom stereocenters. The number of hydrogen-bond acceptors (Lipinski definition) is 4. The van der Waals surface area contributed by atoms with E-state index in [-0.39, 0.29) is 0 Å². The highest BCUT2D eigenvalue weighted by atomic mass is 35.5. The van der Waals surface area contributed by atoms with Crippen LogP contribution >= 0.6 is 23.2 Å². The lowest BCUT2D eigenvalue weighted by Gasteiger charge is -1.84. The standard InChI is InChI=1S/C2Cl2N2O4/c3-1(4)2(5(7)8)6(9)10. The van der Waals surface area contributed by atoms with E-state index in [2.05, 4.69) is 0 Å². The SMILES string of the molecule is O=[N+]([O-])C(=C(Cl)Cl)[N+](=O)[O-]. The monoisotopic (exact) mass is 186 g/mol. The van der Waals surface area contributed by atoms with Crippen molar-refractivity contribution in [2.75, 3.05) is 0 Å². The smallest absolute Gasteiger partial charge is 0.253 e. The number of halogens is 2. The van der Waals surface area contributed by atoms with Crippen molar-refractivity contribution in [2.45, 2.75) is 0 Å². The molecule has 0 aliphatic heterocycles. The first-order valence-electron chi connectivity index (χ1n) is 1.81. The van der Waals surface area contributed by atoms with Crippen LogP contribution in [-0.4, -0.2) is 9.85 Å². The molecule has 0 spiro atoms. The van der Waals surface area contributed by atoms with E-state index in [0.29, 0.717) is 0 Å². The second-order valence-corrected chi connectivity index (χ2v) is 2.05. The van der Waals surface area contributed by atoms with Gasteiger partial charge in [-0.3, -0.25) is 20.2 Å². The van der Waals surface area contributed by atoms with Gasteiger partial charge in [0.25, 0.3) is 4.49 Å². The molecule has 0 aliphatic rings. The van der Waals surface area contributed by atoms with E-state index in [0.717, 1.165) is 0 Å². The lowest BCUT2D eigenvalue weighted by atomic mass is 10.9. The summed E-state index contributed by atoms with van der Waals surface area (Å²) in [6, 6.07) is 0. The van der Waals surface area contributed by atoms with E-state index in [1.165, 1.54) is 0 Å². The van der Waals surface area contributed by atoms with Crippen molar-refractivity contribution < 1.29 is 9.85 Å². The van der Waals surface area contributed by atoms with Crippen molar-refractivity contribution in [3.63, 3.8) is 0 Å².